The Morgan fingerprint density at radius 3 is 2.55 bits per heavy atom. The minimum atomic E-state index is -3.07. The maximum absolute atomic E-state index is 11.1. The molecule has 0 aromatic rings. The Labute approximate surface area is 66.4 Å². The van der Waals surface area contributed by atoms with E-state index in [4.69, 9.17) is 10.1 Å². The van der Waals surface area contributed by atoms with Gasteiger partial charge >= 0.3 is 0 Å². The molecule has 0 radical (unpaired) electrons. The number of rotatable bonds is 4. The van der Waals surface area contributed by atoms with Gasteiger partial charge in [0.05, 0.1) is 12.4 Å². The highest BCUT2D eigenvalue weighted by molar-refractivity contribution is 7.58. The highest BCUT2D eigenvalue weighted by atomic mass is 31.2. The van der Waals surface area contributed by atoms with Crippen LogP contribution in [0.2, 0.25) is 0 Å². The summed E-state index contributed by atoms with van der Waals surface area (Å²) in [6.07, 6.45) is 1.30. The predicted molar refractivity (Wildman–Crippen MR) is 44.7 cm³/mol. The van der Waals surface area contributed by atoms with Crippen LogP contribution in [-0.2, 0) is 4.57 Å². The maximum Gasteiger partial charge on any atom is 0.206 e. The van der Waals surface area contributed by atoms with Crippen LogP contribution in [0.15, 0.2) is 5.16 Å². The molecule has 0 bridgehead atoms. The third-order valence-electron chi connectivity index (χ3n) is 1.10. The van der Waals surface area contributed by atoms with E-state index in [1.54, 1.807) is 0 Å². The molecular formula is C6H14NO3P. The summed E-state index contributed by atoms with van der Waals surface area (Å²) in [5, 5.41) is 10.7. The molecule has 1 atom stereocenters. The zero-order valence-corrected chi connectivity index (χ0v) is 7.66. The second-order valence-electron chi connectivity index (χ2n) is 2.90. The van der Waals surface area contributed by atoms with Gasteiger partial charge in [0.15, 0.2) is 0 Å². The lowest BCUT2D eigenvalue weighted by molar-refractivity contribution is 0.321. The van der Waals surface area contributed by atoms with Crippen molar-refractivity contribution in [1.29, 1.82) is 0 Å². The van der Waals surface area contributed by atoms with Gasteiger partial charge in [-0.25, -0.2) is 0 Å². The highest BCUT2D eigenvalue weighted by Gasteiger charge is 2.17. The van der Waals surface area contributed by atoms with Crippen LogP contribution in [0, 0.1) is 5.92 Å². The molecule has 0 aliphatic rings. The largest absolute Gasteiger partial charge is 0.411 e. The lowest BCUT2D eigenvalue weighted by atomic mass is 10.3. The molecule has 5 heteroatoms. The van der Waals surface area contributed by atoms with Crippen molar-refractivity contribution in [2.24, 2.45) is 11.1 Å². The summed E-state index contributed by atoms with van der Waals surface area (Å²) in [4.78, 5) is 9.17. The third kappa shape index (κ3) is 6.07. The number of nitrogens with zero attached hydrogens (tertiary/aromatic N) is 1. The minimum absolute atomic E-state index is 0.0400. The molecule has 0 rings (SSSR count). The van der Waals surface area contributed by atoms with E-state index in [0.717, 1.165) is 6.21 Å². The van der Waals surface area contributed by atoms with E-state index in [9.17, 15) is 4.57 Å². The SMILES string of the molecule is CC(C)CP(=O)(O)CC=NO. The molecule has 0 aliphatic heterocycles. The van der Waals surface area contributed by atoms with Crippen molar-refractivity contribution in [3.63, 3.8) is 0 Å². The predicted octanol–water partition coefficient (Wildman–Crippen LogP) is 1.37. The molecular weight excluding hydrogens is 165 g/mol. The van der Waals surface area contributed by atoms with Crippen molar-refractivity contribution in [1.82, 2.24) is 0 Å². The van der Waals surface area contributed by atoms with Crippen molar-refractivity contribution in [3.8, 4) is 0 Å². The molecule has 2 N–H and O–H groups in total. The zero-order valence-electron chi connectivity index (χ0n) is 6.77. The molecule has 0 fully saturated rings. The quantitative estimate of drug-likeness (QED) is 0.296. The van der Waals surface area contributed by atoms with Crippen LogP contribution in [-0.4, -0.2) is 28.6 Å². The third-order valence-corrected chi connectivity index (χ3v) is 3.13. The second kappa shape index (κ2) is 4.52. The van der Waals surface area contributed by atoms with E-state index >= 15 is 0 Å². The first-order valence-electron chi connectivity index (χ1n) is 3.44. The van der Waals surface area contributed by atoms with Crippen LogP contribution in [0.1, 0.15) is 13.8 Å². The standard InChI is InChI=1S/C6H14NO3P/c1-6(2)5-11(9,10)4-3-7-8/h3,6,8H,4-5H2,1-2H3,(H,9,10). The van der Waals surface area contributed by atoms with Gasteiger partial charge in [0.2, 0.25) is 7.37 Å². The monoisotopic (exact) mass is 179 g/mol. The summed E-state index contributed by atoms with van der Waals surface area (Å²) in [6.45, 7) is 3.75. The van der Waals surface area contributed by atoms with Crippen LogP contribution < -0.4 is 0 Å². The Bertz CT molecular complexity index is 179. The molecule has 0 amide bonds. The van der Waals surface area contributed by atoms with Gasteiger partial charge in [-0.05, 0) is 5.92 Å². The summed E-state index contributed by atoms with van der Waals surface area (Å²) >= 11 is 0. The van der Waals surface area contributed by atoms with Gasteiger partial charge in [-0.1, -0.05) is 13.8 Å². The van der Waals surface area contributed by atoms with Gasteiger partial charge in [0.1, 0.15) is 0 Å². The molecule has 11 heavy (non-hydrogen) atoms. The second-order valence-corrected chi connectivity index (χ2v) is 5.33. The van der Waals surface area contributed by atoms with E-state index in [1.165, 1.54) is 0 Å². The van der Waals surface area contributed by atoms with E-state index in [1.807, 2.05) is 13.8 Å². The topological polar surface area (TPSA) is 69.9 Å². The van der Waals surface area contributed by atoms with Gasteiger partial charge in [0.25, 0.3) is 0 Å². The fraction of sp³-hybridized carbons (Fsp3) is 0.833. The molecule has 0 aromatic heterocycles. The smallest absolute Gasteiger partial charge is 0.206 e. The Morgan fingerprint density at radius 1 is 1.64 bits per heavy atom. The first kappa shape index (κ1) is 10.7. The average molecular weight is 179 g/mol. The molecule has 66 valence electrons. The lowest BCUT2D eigenvalue weighted by Gasteiger charge is -2.10. The maximum atomic E-state index is 11.1. The van der Waals surface area contributed by atoms with Crippen LogP contribution in [0.25, 0.3) is 0 Å². The molecule has 0 spiro atoms. The summed E-state index contributed by atoms with van der Waals surface area (Å²) in [7, 11) is -3.07. The lowest BCUT2D eigenvalue weighted by Crippen LogP contribution is -2.01. The zero-order chi connectivity index (χ0) is 8.91. The molecule has 0 saturated carbocycles. The first-order valence-corrected chi connectivity index (χ1v) is 5.47. The summed E-state index contributed by atoms with van der Waals surface area (Å²) in [5.74, 6) is 0.193. The fourth-order valence-electron chi connectivity index (χ4n) is 0.809. The molecule has 0 aliphatic carbocycles. The summed E-state index contributed by atoms with van der Waals surface area (Å²) in [6, 6.07) is 0. The number of hydrogen-bond donors (Lipinski definition) is 2. The summed E-state index contributed by atoms with van der Waals surface area (Å²) < 4.78 is 11.1. The average Bonchev–Trinajstić information content (AvgIpc) is 1.81. The van der Waals surface area contributed by atoms with E-state index < -0.39 is 7.37 Å². The van der Waals surface area contributed by atoms with E-state index in [0.29, 0.717) is 0 Å². The van der Waals surface area contributed by atoms with Crippen molar-refractivity contribution in [3.05, 3.63) is 0 Å². The van der Waals surface area contributed by atoms with Gasteiger partial charge in [-0.2, -0.15) is 0 Å². The molecule has 0 saturated heterocycles. The number of hydrogen-bond acceptors (Lipinski definition) is 3. The van der Waals surface area contributed by atoms with Crippen LogP contribution in [0.5, 0.6) is 0 Å². The van der Waals surface area contributed by atoms with Crippen LogP contribution in [0.3, 0.4) is 0 Å². The normalized spacial score (nSPS) is 17.5. The van der Waals surface area contributed by atoms with Gasteiger partial charge in [-0.15, -0.1) is 5.16 Å². The van der Waals surface area contributed by atoms with Crippen molar-refractivity contribution in [2.45, 2.75) is 13.8 Å². The minimum Gasteiger partial charge on any atom is -0.411 e. The van der Waals surface area contributed by atoms with E-state index in [2.05, 4.69) is 5.16 Å². The summed E-state index contributed by atoms with van der Waals surface area (Å²) in [5.41, 5.74) is 0. The first-order chi connectivity index (χ1) is 4.98. The Kier molecular flexibility index (Phi) is 4.38. The van der Waals surface area contributed by atoms with Crippen LogP contribution in [0.4, 0.5) is 0 Å². The van der Waals surface area contributed by atoms with Gasteiger partial charge in [-0.3, -0.25) is 4.57 Å². The van der Waals surface area contributed by atoms with E-state index in [-0.39, 0.29) is 18.2 Å². The van der Waals surface area contributed by atoms with Gasteiger partial charge < -0.3 is 10.1 Å². The Balaban J connectivity index is 3.90. The Morgan fingerprint density at radius 2 is 2.18 bits per heavy atom. The highest BCUT2D eigenvalue weighted by Crippen LogP contribution is 2.41. The molecule has 0 aromatic carbocycles. The fourth-order valence-corrected chi connectivity index (χ4v) is 2.43. The van der Waals surface area contributed by atoms with Crippen molar-refractivity contribution >= 4 is 13.6 Å². The van der Waals surface area contributed by atoms with Crippen LogP contribution >= 0.6 is 7.37 Å². The molecule has 1 unspecified atom stereocenters. The molecule has 4 nitrogen and oxygen atoms in total. The van der Waals surface area contributed by atoms with Crippen molar-refractivity contribution in [2.75, 3.05) is 12.3 Å². The molecule has 0 heterocycles. The Hall–Kier alpha value is -0.340. The van der Waals surface area contributed by atoms with Gasteiger partial charge in [0, 0.05) is 6.16 Å². The number of oxime groups is 1. The van der Waals surface area contributed by atoms with Crippen molar-refractivity contribution < 1.29 is 14.7 Å².